The Bertz CT molecular complexity index is 725. The highest BCUT2D eigenvalue weighted by atomic mass is 35.5. The van der Waals surface area contributed by atoms with Crippen LogP contribution in [-0.2, 0) is 12.7 Å². The van der Waals surface area contributed by atoms with Crippen molar-refractivity contribution in [2.75, 3.05) is 4.90 Å². The maximum Gasteiger partial charge on any atom is 0.417 e. The lowest BCUT2D eigenvalue weighted by Gasteiger charge is -2.20. The number of nitrogens with zero attached hydrogens (tertiary/aromatic N) is 1. The molecule has 0 fully saturated rings. The van der Waals surface area contributed by atoms with Crippen LogP contribution in [0.15, 0.2) is 42.5 Å². The van der Waals surface area contributed by atoms with Crippen molar-refractivity contribution in [3.05, 3.63) is 64.2 Å². The van der Waals surface area contributed by atoms with Crippen LogP contribution in [0.3, 0.4) is 0 Å². The normalized spacial score (nSPS) is 14.5. The van der Waals surface area contributed by atoms with Gasteiger partial charge in [0, 0.05) is 11.3 Å². The molecule has 2 aromatic carbocycles. The molecule has 0 spiro atoms. The van der Waals surface area contributed by atoms with Gasteiger partial charge in [-0.25, -0.2) is 0 Å². The Balaban J connectivity index is 2.02. The Kier molecular flexibility index (Phi) is 3.17. The van der Waals surface area contributed by atoms with Crippen molar-refractivity contribution in [1.82, 2.24) is 0 Å². The Morgan fingerprint density at radius 1 is 1.10 bits per heavy atom. The second-order valence-corrected chi connectivity index (χ2v) is 5.16. The van der Waals surface area contributed by atoms with Crippen molar-refractivity contribution in [1.29, 1.82) is 5.41 Å². The fourth-order valence-electron chi connectivity index (χ4n) is 2.40. The number of nitrogens with one attached hydrogen (secondary N) is 1. The Labute approximate surface area is 124 Å². The van der Waals surface area contributed by atoms with Crippen molar-refractivity contribution in [3.63, 3.8) is 0 Å². The number of hydrogen-bond donors (Lipinski definition) is 1. The van der Waals surface area contributed by atoms with Crippen LogP contribution < -0.4 is 4.90 Å². The molecular formula is C15H10ClF3N2. The molecule has 1 N–H and O–H groups in total. The molecule has 0 aliphatic carbocycles. The molecule has 1 heterocycles. The molecular weight excluding hydrogens is 301 g/mol. The minimum Gasteiger partial charge on any atom is -0.322 e. The van der Waals surface area contributed by atoms with E-state index in [1.807, 2.05) is 12.1 Å². The summed E-state index contributed by atoms with van der Waals surface area (Å²) >= 11 is 5.62. The van der Waals surface area contributed by atoms with Crippen molar-refractivity contribution < 1.29 is 13.2 Å². The van der Waals surface area contributed by atoms with E-state index in [-0.39, 0.29) is 10.9 Å². The van der Waals surface area contributed by atoms with Crippen LogP contribution in [0.2, 0.25) is 5.02 Å². The van der Waals surface area contributed by atoms with E-state index in [2.05, 4.69) is 0 Å². The van der Waals surface area contributed by atoms with Crippen LogP contribution in [0.25, 0.3) is 0 Å². The average molecular weight is 311 g/mol. The summed E-state index contributed by atoms with van der Waals surface area (Å²) in [4.78, 5) is 1.54. The maximum atomic E-state index is 12.9. The number of fused-ring (bicyclic) bond motifs is 1. The van der Waals surface area contributed by atoms with Crippen LogP contribution in [-0.4, -0.2) is 5.84 Å². The molecule has 3 rings (SSSR count). The fourth-order valence-corrected chi connectivity index (χ4v) is 2.63. The fraction of sp³-hybridized carbons (Fsp3) is 0.133. The second kappa shape index (κ2) is 4.77. The zero-order valence-corrected chi connectivity index (χ0v) is 11.5. The number of amidine groups is 1. The lowest BCUT2D eigenvalue weighted by Crippen LogP contribution is -2.23. The summed E-state index contributed by atoms with van der Waals surface area (Å²) in [6.45, 7) is 0.383. The van der Waals surface area contributed by atoms with E-state index in [1.54, 1.807) is 12.1 Å². The highest BCUT2D eigenvalue weighted by Gasteiger charge is 2.34. The molecule has 0 saturated carbocycles. The molecule has 0 radical (unpaired) electrons. The van der Waals surface area contributed by atoms with Crippen LogP contribution in [0.1, 0.15) is 16.7 Å². The molecule has 0 unspecified atom stereocenters. The summed E-state index contributed by atoms with van der Waals surface area (Å²) in [5, 5.41) is 7.78. The van der Waals surface area contributed by atoms with E-state index in [0.29, 0.717) is 12.2 Å². The van der Waals surface area contributed by atoms with Crippen LogP contribution in [0.4, 0.5) is 18.9 Å². The van der Waals surface area contributed by atoms with Gasteiger partial charge in [0.05, 0.1) is 17.1 Å². The Morgan fingerprint density at radius 2 is 1.81 bits per heavy atom. The summed E-state index contributed by atoms with van der Waals surface area (Å²) in [7, 11) is 0. The van der Waals surface area contributed by atoms with Crippen molar-refractivity contribution >= 4 is 23.1 Å². The zero-order chi connectivity index (χ0) is 15.2. The molecule has 0 bridgehead atoms. The molecule has 0 atom stereocenters. The van der Waals surface area contributed by atoms with Gasteiger partial charge in [-0.1, -0.05) is 35.9 Å². The van der Waals surface area contributed by atoms with E-state index in [9.17, 15) is 13.2 Å². The third-order valence-electron chi connectivity index (χ3n) is 3.44. The highest BCUT2D eigenvalue weighted by Crippen LogP contribution is 2.38. The molecule has 0 saturated heterocycles. The highest BCUT2D eigenvalue weighted by molar-refractivity contribution is 6.31. The molecule has 1 aliphatic heterocycles. The number of anilines is 1. The second-order valence-electron chi connectivity index (χ2n) is 4.75. The van der Waals surface area contributed by atoms with Gasteiger partial charge in [0.25, 0.3) is 0 Å². The molecule has 0 amide bonds. The SMILES string of the molecule is N=C1c2ccccc2CN1c1ccc(Cl)c(C(F)(F)F)c1. The first-order chi connectivity index (χ1) is 9.88. The monoisotopic (exact) mass is 310 g/mol. The third-order valence-corrected chi connectivity index (χ3v) is 3.77. The number of rotatable bonds is 1. The molecule has 2 aromatic rings. The van der Waals surface area contributed by atoms with Gasteiger partial charge in [-0.05, 0) is 23.8 Å². The molecule has 1 aliphatic rings. The summed E-state index contributed by atoms with van der Waals surface area (Å²) < 4.78 is 38.8. The van der Waals surface area contributed by atoms with Crippen molar-refractivity contribution in [2.24, 2.45) is 0 Å². The summed E-state index contributed by atoms with van der Waals surface area (Å²) in [5.74, 6) is 0.195. The van der Waals surface area contributed by atoms with Gasteiger partial charge in [0.1, 0.15) is 5.84 Å². The van der Waals surface area contributed by atoms with Gasteiger partial charge in [-0.15, -0.1) is 0 Å². The summed E-state index contributed by atoms with van der Waals surface area (Å²) in [6.07, 6.45) is -4.51. The molecule has 6 heteroatoms. The van der Waals surface area contributed by atoms with Gasteiger partial charge in [0.15, 0.2) is 0 Å². The predicted molar refractivity (Wildman–Crippen MR) is 75.9 cm³/mol. The summed E-state index contributed by atoms with van der Waals surface area (Å²) in [5.41, 5.74) is 1.09. The topological polar surface area (TPSA) is 27.1 Å². The maximum absolute atomic E-state index is 12.9. The molecule has 0 aromatic heterocycles. The quantitative estimate of drug-likeness (QED) is 0.812. The van der Waals surface area contributed by atoms with Crippen molar-refractivity contribution in [3.8, 4) is 0 Å². The van der Waals surface area contributed by atoms with Gasteiger partial charge >= 0.3 is 6.18 Å². The molecule has 2 nitrogen and oxygen atoms in total. The standard InChI is InChI=1S/C15H10ClF3N2/c16-13-6-5-10(7-12(13)15(17,18)19)21-8-9-3-1-2-4-11(9)14(21)20/h1-7,20H,8H2. The largest absolute Gasteiger partial charge is 0.417 e. The van der Waals surface area contributed by atoms with Crippen molar-refractivity contribution in [2.45, 2.75) is 12.7 Å². The Morgan fingerprint density at radius 3 is 2.48 bits per heavy atom. The van der Waals surface area contributed by atoms with Gasteiger partial charge in [0.2, 0.25) is 0 Å². The minimum atomic E-state index is -4.51. The number of hydrogen-bond acceptors (Lipinski definition) is 1. The predicted octanol–water partition coefficient (Wildman–Crippen LogP) is 4.70. The first-order valence-corrected chi connectivity index (χ1v) is 6.57. The van der Waals surface area contributed by atoms with Crippen LogP contribution >= 0.6 is 11.6 Å². The van der Waals surface area contributed by atoms with E-state index in [1.165, 1.54) is 17.0 Å². The number of halogens is 4. The van der Waals surface area contributed by atoms with Gasteiger partial charge in [-0.3, -0.25) is 5.41 Å². The minimum absolute atomic E-state index is 0.195. The van der Waals surface area contributed by atoms with E-state index < -0.39 is 11.7 Å². The van der Waals surface area contributed by atoms with Gasteiger partial charge in [-0.2, -0.15) is 13.2 Å². The van der Waals surface area contributed by atoms with Gasteiger partial charge < -0.3 is 4.90 Å². The molecule has 21 heavy (non-hydrogen) atoms. The first-order valence-electron chi connectivity index (χ1n) is 6.19. The van der Waals surface area contributed by atoms with Crippen LogP contribution in [0.5, 0.6) is 0 Å². The van der Waals surface area contributed by atoms with E-state index in [4.69, 9.17) is 17.0 Å². The molecule has 108 valence electrons. The van der Waals surface area contributed by atoms with E-state index in [0.717, 1.165) is 17.2 Å². The van der Waals surface area contributed by atoms with Crippen LogP contribution in [0, 0.1) is 5.41 Å². The first kappa shape index (κ1) is 13.9. The number of benzene rings is 2. The lowest BCUT2D eigenvalue weighted by molar-refractivity contribution is -0.137. The zero-order valence-electron chi connectivity index (χ0n) is 10.7. The Hall–Kier alpha value is -2.01. The third kappa shape index (κ3) is 2.38. The number of alkyl halides is 3. The lowest BCUT2D eigenvalue weighted by atomic mass is 10.1. The summed E-state index contributed by atoms with van der Waals surface area (Å²) in [6, 6.07) is 11.0. The smallest absolute Gasteiger partial charge is 0.322 e. The van der Waals surface area contributed by atoms with E-state index >= 15 is 0 Å². The average Bonchev–Trinajstić information content (AvgIpc) is 2.76.